The lowest BCUT2D eigenvalue weighted by atomic mass is 10.3. The van der Waals surface area contributed by atoms with Gasteiger partial charge in [0.1, 0.15) is 0 Å². The Morgan fingerprint density at radius 2 is 2.19 bits per heavy atom. The highest BCUT2D eigenvalue weighted by atomic mass is 79.9. The van der Waals surface area contributed by atoms with E-state index in [1.165, 1.54) is 6.07 Å². The van der Waals surface area contributed by atoms with Crippen molar-refractivity contribution in [3.8, 4) is 0 Å². The van der Waals surface area contributed by atoms with Gasteiger partial charge in [0.15, 0.2) is 0 Å². The van der Waals surface area contributed by atoms with E-state index in [9.17, 15) is 13.2 Å². The summed E-state index contributed by atoms with van der Waals surface area (Å²) in [5.41, 5.74) is 6.02. The molecule has 0 radical (unpaired) electrons. The lowest BCUT2D eigenvalue weighted by molar-refractivity contribution is -0.127. The van der Waals surface area contributed by atoms with Gasteiger partial charge in [0, 0.05) is 35.7 Å². The number of nitrogen functional groups attached to an aromatic ring is 1. The molecule has 3 N–H and O–H groups in total. The van der Waals surface area contributed by atoms with Gasteiger partial charge in [0.2, 0.25) is 15.9 Å². The number of hydrogen-bond acceptors (Lipinski definition) is 4. The van der Waals surface area contributed by atoms with Crippen LogP contribution in [0.3, 0.4) is 0 Å². The number of halogens is 1. The fourth-order valence-electron chi connectivity index (χ4n) is 2.32. The summed E-state index contributed by atoms with van der Waals surface area (Å²) < 4.78 is 27.8. The molecule has 21 heavy (non-hydrogen) atoms. The van der Waals surface area contributed by atoms with Gasteiger partial charge >= 0.3 is 0 Å². The lowest BCUT2D eigenvalue weighted by Crippen LogP contribution is -2.42. The third-order valence-electron chi connectivity index (χ3n) is 3.27. The molecule has 0 bridgehead atoms. The van der Waals surface area contributed by atoms with E-state index in [0.717, 1.165) is 6.42 Å². The standard InChI is InChI=1S/C13H18BrN3O3S/c1-9(8-17-6-2-3-13(17)18)16-21(19,20)12-7-10(15)4-5-11(12)14/h4-5,7,9,16H,2-3,6,8,15H2,1H3. The average molecular weight is 376 g/mol. The van der Waals surface area contributed by atoms with Gasteiger partial charge in [-0.25, -0.2) is 13.1 Å². The molecule has 1 amide bonds. The van der Waals surface area contributed by atoms with Gasteiger partial charge in [0.25, 0.3) is 0 Å². The second kappa shape index (κ2) is 6.33. The Morgan fingerprint density at radius 1 is 1.48 bits per heavy atom. The average Bonchev–Trinajstić information content (AvgIpc) is 2.77. The minimum Gasteiger partial charge on any atom is -0.399 e. The Morgan fingerprint density at radius 3 is 2.81 bits per heavy atom. The van der Waals surface area contributed by atoms with Gasteiger partial charge in [-0.15, -0.1) is 0 Å². The van der Waals surface area contributed by atoms with Crippen LogP contribution in [-0.2, 0) is 14.8 Å². The molecule has 1 aliphatic heterocycles. The molecule has 1 heterocycles. The number of anilines is 1. The zero-order valence-corrected chi connectivity index (χ0v) is 14.1. The zero-order chi connectivity index (χ0) is 15.6. The zero-order valence-electron chi connectivity index (χ0n) is 11.7. The predicted octanol–water partition coefficient (Wildman–Crippen LogP) is 1.32. The normalized spacial score (nSPS) is 17.2. The fraction of sp³-hybridized carbons (Fsp3) is 0.462. The Hall–Kier alpha value is -1.12. The summed E-state index contributed by atoms with van der Waals surface area (Å²) >= 11 is 3.21. The summed E-state index contributed by atoms with van der Waals surface area (Å²) in [5, 5.41) is 0. The number of carbonyl (C=O) groups is 1. The van der Waals surface area contributed by atoms with Crippen molar-refractivity contribution in [2.75, 3.05) is 18.8 Å². The van der Waals surface area contributed by atoms with E-state index in [-0.39, 0.29) is 16.8 Å². The number of amides is 1. The lowest BCUT2D eigenvalue weighted by Gasteiger charge is -2.22. The van der Waals surface area contributed by atoms with Crippen LogP contribution in [-0.4, -0.2) is 38.4 Å². The SMILES string of the molecule is CC(CN1CCCC1=O)NS(=O)(=O)c1cc(N)ccc1Br. The summed E-state index contributed by atoms with van der Waals surface area (Å²) in [4.78, 5) is 13.4. The molecule has 0 spiro atoms. The van der Waals surface area contributed by atoms with E-state index in [0.29, 0.717) is 29.7 Å². The number of nitrogens with two attached hydrogens (primary N) is 1. The highest BCUT2D eigenvalue weighted by Gasteiger charge is 2.25. The van der Waals surface area contributed by atoms with Crippen molar-refractivity contribution < 1.29 is 13.2 Å². The molecule has 1 fully saturated rings. The number of hydrogen-bond donors (Lipinski definition) is 2. The van der Waals surface area contributed by atoms with Crippen molar-refractivity contribution in [1.82, 2.24) is 9.62 Å². The van der Waals surface area contributed by atoms with Crippen LogP contribution in [0.4, 0.5) is 5.69 Å². The van der Waals surface area contributed by atoms with E-state index < -0.39 is 10.0 Å². The fourth-order valence-corrected chi connectivity index (χ4v) is 4.55. The van der Waals surface area contributed by atoms with E-state index in [1.807, 2.05) is 0 Å². The first-order valence-electron chi connectivity index (χ1n) is 6.65. The molecule has 6 nitrogen and oxygen atoms in total. The number of nitrogens with one attached hydrogen (secondary N) is 1. The maximum atomic E-state index is 12.4. The molecule has 2 rings (SSSR count). The van der Waals surface area contributed by atoms with E-state index >= 15 is 0 Å². The molecule has 0 aliphatic carbocycles. The predicted molar refractivity (Wildman–Crippen MR) is 84.2 cm³/mol. The molecule has 0 aromatic heterocycles. The van der Waals surface area contributed by atoms with Crippen molar-refractivity contribution in [2.45, 2.75) is 30.7 Å². The first-order chi connectivity index (χ1) is 9.79. The van der Waals surface area contributed by atoms with Crippen molar-refractivity contribution in [3.63, 3.8) is 0 Å². The smallest absolute Gasteiger partial charge is 0.242 e. The van der Waals surface area contributed by atoms with Gasteiger partial charge in [-0.3, -0.25) is 4.79 Å². The van der Waals surface area contributed by atoms with Gasteiger partial charge < -0.3 is 10.6 Å². The first-order valence-corrected chi connectivity index (χ1v) is 8.92. The summed E-state index contributed by atoms with van der Waals surface area (Å²) in [5.74, 6) is 0.0752. The Labute approximate surface area is 132 Å². The third kappa shape index (κ3) is 3.96. The molecule has 1 aromatic carbocycles. The molecule has 1 unspecified atom stereocenters. The van der Waals surface area contributed by atoms with Crippen LogP contribution in [0.2, 0.25) is 0 Å². The van der Waals surface area contributed by atoms with Crippen LogP contribution >= 0.6 is 15.9 Å². The summed E-state index contributed by atoms with van der Waals surface area (Å²) in [6, 6.07) is 4.25. The molecule has 8 heteroatoms. The molecule has 1 atom stereocenters. The van der Waals surface area contributed by atoms with Crippen LogP contribution in [0.15, 0.2) is 27.6 Å². The highest BCUT2D eigenvalue weighted by molar-refractivity contribution is 9.10. The number of likely N-dealkylation sites (tertiary alicyclic amines) is 1. The quantitative estimate of drug-likeness (QED) is 0.759. The van der Waals surface area contributed by atoms with Crippen LogP contribution in [0.5, 0.6) is 0 Å². The van der Waals surface area contributed by atoms with Crippen LogP contribution in [0.1, 0.15) is 19.8 Å². The summed E-state index contributed by atoms with van der Waals surface area (Å²) in [6.45, 7) is 2.80. The van der Waals surface area contributed by atoms with Crippen molar-refractivity contribution in [1.29, 1.82) is 0 Å². The Kier molecular flexibility index (Phi) is 4.90. The van der Waals surface area contributed by atoms with Crippen molar-refractivity contribution >= 4 is 37.5 Å². The van der Waals surface area contributed by atoms with E-state index in [4.69, 9.17) is 5.73 Å². The number of rotatable bonds is 5. The minimum absolute atomic E-state index is 0.0752. The summed E-state index contributed by atoms with van der Waals surface area (Å²) in [6.07, 6.45) is 1.37. The molecule has 0 saturated carbocycles. The number of benzene rings is 1. The Balaban J connectivity index is 2.09. The molecule has 116 valence electrons. The number of carbonyl (C=O) groups excluding carboxylic acids is 1. The number of sulfonamides is 1. The monoisotopic (exact) mass is 375 g/mol. The van der Waals surface area contributed by atoms with Crippen LogP contribution in [0, 0.1) is 0 Å². The second-order valence-corrected chi connectivity index (χ2v) is 7.69. The third-order valence-corrected chi connectivity index (χ3v) is 5.85. The van der Waals surface area contributed by atoms with E-state index in [2.05, 4.69) is 20.7 Å². The molecule has 1 aromatic rings. The molecular formula is C13H18BrN3O3S. The van der Waals surface area contributed by atoms with Gasteiger partial charge in [-0.05, 0) is 47.5 Å². The molecule has 1 saturated heterocycles. The minimum atomic E-state index is -3.69. The molecular weight excluding hydrogens is 358 g/mol. The largest absolute Gasteiger partial charge is 0.399 e. The van der Waals surface area contributed by atoms with E-state index in [1.54, 1.807) is 24.0 Å². The van der Waals surface area contributed by atoms with Gasteiger partial charge in [0.05, 0.1) is 4.90 Å². The maximum Gasteiger partial charge on any atom is 0.242 e. The van der Waals surface area contributed by atoms with Crippen LogP contribution in [0.25, 0.3) is 0 Å². The Bertz CT molecular complexity index is 648. The number of nitrogens with zero attached hydrogens (tertiary/aromatic N) is 1. The second-order valence-electron chi connectivity index (χ2n) is 5.16. The van der Waals surface area contributed by atoms with Crippen molar-refractivity contribution in [2.24, 2.45) is 0 Å². The highest BCUT2D eigenvalue weighted by Crippen LogP contribution is 2.24. The van der Waals surface area contributed by atoms with Crippen molar-refractivity contribution in [3.05, 3.63) is 22.7 Å². The topological polar surface area (TPSA) is 92.5 Å². The maximum absolute atomic E-state index is 12.4. The van der Waals surface area contributed by atoms with Gasteiger partial charge in [-0.1, -0.05) is 0 Å². The molecule has 1 aliphatic rings. The van der Waals surface area contributed by atoms with Gasteiger partial charge in [-0.2, -0.15) is 0 Å². The first kappa shape index (κ1) is 16.3. The van der Waals surface area contributed by atoms with Crippen LogP contribution < -0.4 is 10.5 Å². The summed E-state index contributed by atoms with van der Waals surface area (Å²) in [7, 11) is -3.69.